The van der Waals surface area contributed by atoms with Gasteiger partial charge in [-0.1, -0.05) is 18.2 Å². The Morgan fingerprint density at radius 1 is 1.17 bits per heavy atom. The van der Waals surface area contributed by atoms with Gasteiger partial charge in [-0.25, -0.2) is 17.3 Å². The molecule has 0 atom stereocenters. The minimum Gasteiger partial charge on any atom is -0.394 e. The summed E-state index contributed by atoms with van der Waals surface area (Å²) in [6, 6.07) is 13.7. The van der Waals surface area contributed by atoms with Gasteiger partial charge in [-0.05, 0) is 42.0 Å². The van der Waals surface area contributed by atoms with Gasteiger partial charge in [0.25, 0.3) is 5.91 Å². The number of aldehydes is 1. The van der Waals surface area contributed by atoms with Crippen LogP contribution >= 0.6 is 0 Å². The molecule has 2 aromatic heterocycles. The fraction of sp³-hybridized carbons (Fsp3) is 0.160. The summed E-state index contributed by atoms with van der Waals surface area (Å²) in [4.78, 5) is 24.4. The molecule has 0 fully saturated rings. The van der Waals surface area contributed by atoms with E-state index in [1.54, 1.807) is 30.3 Å². The summed E-state index contributed by atoms with van der Waals surface area (Å²) in [5, 5.41) is 16.7. The van der Waals surface area contributed by atoms with E-state index in [1.165, 1.54) is 42.0 Å². The summed E-state index contributed by atoms with van der Waals surface area (Å²) in [6.07, 6.45) is 3.14. The number of amides is 1. The van der Waals surface area contributed by atoms with E-state index in [2.05, 4.69) is 10.4 Å². The molecular formula is C25H23FN4O5S. The highest BCUT2D eigenvalue weighted by atomic mass is 32.2. The van der Waals surface area contributed by atoms with E-state index in [0.717, 1.165) is 10.6 Å². The molecule has 0 unspecified atom stereocenters. The van der Waals surface area contributed by atoms with Gasteiger partial charge < -0.3 is 10.4 Å². The van der Waals surface area contributed by atoms with E-state index in [0.29, 0.717) is 34.1 Å². The lowest BCUT2D eigenvalue weighted by Crippen LogP contribution is -2.33. The standard InChI is InChI=1S/C25H23FN4O5S/c1-27-25(33)23-21-13-20(18-5-3-4-16(12-18)15-32)22(30(10-11-31)36(2,34)35)14-29(21)28-24(23)17-6-8-19(26)9-7-17/h3-9,12-15,31H,10-11H2,1-2H3,(H,27,33). The number of carbonyl (C=O) groups is 2. The van der Waals surface area contributed by atoms with Gasteiger partial charge >= 0.3 is 0 Å². The minimum absolute atomic E-state index is 0.193. The zero-order valence-electron chi connectivity index (χ0n) is 19.5. The smallest absolute Gasteiger partial charge is 0.255 e. The summed E-state index contributed by atoms with van der Waals surface area (Å²) in [6.45, 7) is -0.665. The normalized spacial score (nSPS) is 11.4. The predicted octanol–water partition coefficient (Wildman–Crippen LogP) is 2.74. The molecule has 0 aliphatic heterocycles. The number of aliphatic hydroxyl groups is 1. The molecule has 0 saturated carbocycles. The van der Waals surface area contributed by atoms with Gasteiger partial charge in [-0.3, -0.25) is 13.9 Å². The summed E-state index contributed by atoms with van der Waals surface area (Å²) >= 11 is 0. The molecule has 1 amide bonds. The summed E-state index contributed by atoms with van der Waals surface area (Å²) < 4.78 is 41.3. The number of anilines is 1. The molecule has 0 spiro atoms. The maximum atomic E-state index is 13.5. The van der Waals surface area contributed by atoms with Crippen molar-refractivity contribution in [2.24, 2.45) is 0 Å². The van der Waals surface area contributed by atoms with Crippen LogP contribution in [0.2, 0.25) is 0 Å². The number of rotatable bonds is 8. The van der Waals surface area contributed by atoms with Gasteiger partial charge in [0.2, 0.25) is 10.0 Å². The number of halogens is 1. The van der Waals surface area contributed by atoms with Crippen molar-refractivity contribution in [2.45, 2.75) is 0 Å². The number of nitrogens with zero attached hydrogens (tertiary/aromatic N) is 3. The minimum atomic E-state index is -3.83. The number of hydrogen-bond acceptors (Lipinski definition) is 6. The van der Waals surface area contributed by atoms with E-state index in [9.17, 15) is 27.5 Å². The first kappa shape index (κ1) is 25.0. The van der Waals surface area contributed by atoms with Gasteiger partial charge in [-0.15, -0.1) is 0 Å². The third-order valence-corrected chi connectivity index (χ3v) is 6.81. The average Bonchev–Trinajstić information content (AvgIpc) is 3.24. The molecule has 0 aliphatic rings. The fourth-order valence-electron chi connectivity index (χ4n) is 4.00. The first-order chi connectivity index (χ1) is 17.2. The second kappa shape index (κ2) is 9.88. The first-order valence-electron chi connectivity index (χ1n) is 10.9. The highest BCUT2D eigenvalue weighted by molar-refractivity contribution is 7.92. The quantitative estimate of drug-likeness (QED) is 0.352. The molecule has 4 aromatic rings. The van der Waals surface area contributed by atoms with Gasteiger partial charge in [0.15, 0.2) is 0 Å². The lowest BCUT2D eigenvalue weighted by molar-refractivity contribution is 0.0965. The number of aromatic nitrogens is 2. The molecule has 186 valence electrons. The number of hydrogen-bond donors (Lipinski definition) is 2. The van der Waals surface area contributed by atoms with Gasteiger partial charge in [0, 0.05) is 23.7 Å². The highest BCUT2D eigenvalue weighted by Crippen LogP contribution is 2.36. The van der Waals surface area contributed by atoms with Crippen molar-refractivity contribution in [3.63, 3.8) is 0 Å². The van der Waals surface area contributed by atoms with Crippen molar-refractivity contribution in [1.29, 1.82) is 0 Å². The summed E-state index contributed by atoms with van der Waals surface area (Å²) in [5.41, 5.74) is 2.82. The van der Waals surface area contributed by atoms with E-state index in [1.807, 2.05) is 0 Å². The van der Waals surface area contributed by atoms with E-state index < -0.39 is 28.4 Å². The molecule has 2 heterocycles. The number of nitrogens with one attached hydrogen (secondary N) is 1. The number of benzene rings is 2. The van der Waals surface area contributed by atoms with Crippen LogP contribution in [-0.4, -0.2) is 61.8 Å². The van der Waals surface area contributed by atoms with Crippen LogP contribution in [0.4, 0.5) is 10.1 Å². The molecule has 0 saturated heterocycles. The number of sulfonamides is 1. The van der Waals surface area contributed by atoms with Crippen molar-refractivity contribution < 1.29 is 27.5 Å². The zero-order valence-corrected chi connectivity index (χ0v) is 20.3. The van der Waals surface area contributed by atoms with Gasteiger partial charge in [0.1, 0.15) is 17.8 Å². The van der Waals surface area contributed by atoms with E-state index >= 15 is 0 Å². The summed E-state index contributed by atoms with van der Waals surface area (Å²) in [5.74, 6) is -0.892. The molecule has 2 aromatic carbocycles. The number of pyridine rings is 1. The highest BCUT2D eigenvalue weighted by Gasteiger charge is 2.26. The Hall–Kier alpha value is -4.09. The molecule has 11 heteroatoms. The van der Waals surface area contributed by atoms with E-state index in [-0.39, 0.29) is 23.5 Å². The fourth-order valence-corrected chi connectivity index (χ4v) is 4.92. The van der Waals surface area contributed by atoms with Crippen LogP contribution in [0.5, 0.6) is 0 Å². The Morgan fingerprint density at radius 2 is 1.89 bits per heavy atom. The largest absolute Gasteiger partial charge is 0.394 e. The van der Waals surface area contributed by atoms with Crippen LogP contribution in [-0.2, 0) is 10.0 Å². The van der Waals surface area contributed by atoms with Gasteiger partial charge in [0.05, 0.1) is 42.4 Å². The predicted molar refractivity (Wildman–Crippen MR) is 134 cm³/mol. The Balaban J connectivity index is 2.10. The maximum Gasteiger partial charge on any atom is 0.255 e. The molecule has 2 N–H and O–H groups in total. The van der Waals surface area contributed by atoms with Crippen LogP contribution < -0.4 is 9.62 Å². The molecule has 36 heavy (non-hydrogen) atoms. The van der Waals surface area contributed by atoms with E-state index in [4.69, 9.17) is 0 Å². The number of fused-ring (bicyclic) bond motifs is 1. The third kappa shape index (κ3) is 4.70. The Bertz CT molecular complexity index is 1570. The van der Waals surface area contributed by atoms with Crippen LogP contribution in [0, 0.1) is 5.82 Å². The Kier molecular flexibility index (Phi) is 6.86. The average molecular weight is 511 g/mol. The van der Waals surface area contributed by atoms with Crippen LogP contribution in [0.25, 0.3) is 27.9 Å². The molecule has 9 nitrogen and oxygen atoms in total. The van der Waals surface area contributed by atoms with Crippen molar-refractivity contribution in [2.75, 3.05) is 30.8 Å². The molecule has 0 radical (unpaired) electrons. The monoisotopic (exact) mass is 510 g/mol. The van der Waals surface area contributed by atoms with Crippen molar-refractivity contribution in [1.82, 2.24) is 14.9 Å². The summed E-state index contributed by atoms with van der Waals surface area (Å²) in [7, 11) is -2.37. The molecular weight excluding hydrogens is 487 g/mol. The van der Waals surface area contributed by atoms with Crippen molar-refractivity contribution >= 4 is 33.4 Å². The SMILES string of the molecule is CNC(=O)c1c(-c2ccc(F)cc2)nn2cc(N(CCO)S(C)(=O)=O)c(-c3cccc(C=O)c3)cc12. The molecule has 0 bridgehead atoms. The molecule has 0 aliphatic carbocycles. The van der Waals surface area contributed by atoms with Crippen LogP contribution in [0.3, 0.4) is 0 Å². The second-order valence-electron chi connectivity index (χ2n) is 8.01. The first-order valence-corrected chi connectivity index (χ1v) is 12.7. The van der Waals surface area contributed by atoms with Crippen LogP contribution in [0.15, 0.2) is 60.8 Å². The number of aliphatic hydroxyl groups excluding tert-OH is 1. The van der Waals surface area contributed by atoms with Gasteiger partial charge in [-0.2, -0.15) is 5.10 Å². The second-order valence-corrected chi connectivity index (χ2v) is 9.92. The maximum absolute atomic E-state index is 13.5. The lowest BCUT2D eigenvalue weighted by Gasteiger charge is -2.24. The topological polar surface area (TPSA) is 121 Å². The molecule has 4 rings (SSSR count). The zero-order chi connectivity index (χ0) is 26.0. The lowest BCUT2D eigenvalue weighted by atomic mass is 10.0. The van der Waals surface area contributed by atoms with Crippen molar-refractivity contribution in [3.05, 3.63) is 77.7 Å². The number of carbonyl (C=O) groups excluding carboxylic acids is 2. The van der Waals surface area contributed by atoms with Crippen molar-refractivity contribution in [3.8, 4) is 22.4 Å². The Morgan fingerprint density at radius 3 is 2.50 bits per heavy atom. The Labute approximate surface area is 206 Å². The van der Waals surface area contributed by atoms with Crippen LogP contribution in [0.1, 0.15) is 20.7 Å². The third-order valence-electron chi connectivity index (χ3n) is 5.63.